The van der Waals surface area contributed by atoms with E-state index in [1.165, 1.54) is 6.33 Å². The minimum absolute atomic E-state index is 0.287. The number of aliphatic hydroxyl groups excluding tert-OH is 6. The normalized spacial score (nSPS) is 30.6. The van der Waals surface area contributed by atoms with Crippen molar-refractivity contribution in [2.24, 2.45) is 0 Å². The third-order valence-electron chi connectivity index (χ3n) is 7.24. The van der Waals surface area contributed by atoms with Gasteiger partial charge in [0, 0.05) is 23.5 Å². The summed E-state index contributed by atoms with van der Waals surface area (Å²) >= 11 is 0. The van der Waals surface area contributed by atoms with Gasteiger partial charge in [0.2, 0.25) is 0 Å². The molecule has 2 aliphatic rings. The topological polar surface area (TPSA) is 269 Å². The highest BCUT2D eigenvalue weighted by Crippen LogP contribution is 2.31. The molecule has 12 N–H and O–H groups in total. The van der Waals surface area contributed by atoms with E-state index < -0.39 is 48.6 Å². The van der Waals surface area contributed by atoms with Gasteiger partial charge in [0.05, 0.1) is 55.9 Å². The third-order valence-corrected chi connectivity index (χ3v) is 7.24. The number of hydrogen-bond acceptors (Lipinski definition) is 12. The van der Waals surface area contributed by atoms with Gasteiger partial charge in [0.15, 0.2) is 0 Å². The molecule has 4 aromatic heterocycles. The van der Waals surface area contributed by atoms with E-state index in [0.717, 1.165) is 0 Å². The Kier molecular flexibility index (Phi) is 7.36. The van der Waals surface area contributed by atoms with Gasteiger partial charge in [-0.25, -0.2) is 9.97 Å². The van der Waals surface area contributed by atoms with Gasteiger partial charge in [0.1, 0.15) is 40.1 Å². The number of nitrogens with zero attached hydrogens (tertiary/aromatic N) is 2. The number of rotatable bonds is 4. The lowest BCUT2D eigenvalue weighted by atomic mass is 10.0. The van der Waals surface area contributed by atoms with E-state index in [9.17, 15) is 30.0 Å². The number of aromatic amines is 4. The lowest BCUT2D eigenvalue weighted by Crippen LogP contribution is -2.35. The molecule has 0 saturated carbocycles. The monoisotopic (exact) mass is 546 g/mol. The van der Waals surface area contributed by atoms with Gasteiger partial charge in [-0.15, -0.1) is 0 Å². The van der Waals surface area contributed by atoms with Crippen LogP contribution in [0.3, 0.4) is 0 Å². The second-order valence-electron chi connectivity index (χ2n) is 9.65. The Labute approximate surface area is 218 Å². The highest BCUT2D eigenvalue weighted by molar-refractivity contribution is 5.79. The Hall–Kier alpha value is -3.48. The van der Waals surface area contributed by atoms with Crippen LogP contribution >= 0.6 is 0 Å². The van der Waals surface area contributed by atoms with Crippen LogP contribution < -0.4 is 21.8 Å². The average molecular weight is 547 g/mol. The fraction of sp³-hybridized carbons (Fsp3) is 0.478. The highest BCUT2D eigenvalue weighted by atomic mass is 16.3. The molecule has 0 aromatic carbocycles. The van der Waals surface area contributed by atoms with E-state index in [2.05, 4.69) is 40.5 Å². The predicted molar refractivity (Wildman–Crippen MR) is 136 cm³/mol. The van der Waals surface area contributed by atoms with Crippen LogP contribution in [0, 0.1) is 6.92 Å². The van der Waals surface area contributed by atoms with Crippen LogP contribution in [0.5, 0.6) is 0 Å². The van der Waals surface area contributed by atoms with Gasteiger partial charge in [-0.2, -0.15) is 0 Å². The van der Waals surface area contributed by atoms with E-state index in [-0.39, 0.29) is 24.3 Å². The van der Waals surface area contributed by atoms with Crippen molar-refractivity contribution in [1.29, 1.82) is 0 Å². The summed E-state index contributed by atoms with van der Waals surface area (Å²) in [5.74, 6) is 0.468. The summed E-state index contributed by atoms with van der Waals surface area (Å²) in [5, 5.41) is 63.9. The standard InChI is InChI=1S/C12H16N4O4.C11H14N4O4/c1-4-14-7-5(2-13-9(7)12(20)15-4)8-11(19)10(18)6(3-17)16-8;16-2-5-9(17)10(18)7(15-5)4-1-12-8-6(4)13-3-14-11(8)19/h2,6,8,10-11,13,16-19H,3H2,1H3,(H,14,15,20);1,3,5,7,9-10,12,15-18H,2H2,(H,13,14,19). The summed E-state index contributed by atoms with van der Waals surface area (Å²) in [4.78, 5) is 42.4. The average Bonchev–Trinajstić information content (AvgIpc) is 3.66. The lowest BCUT2D eigenvalue weighted by Gasteiger charge is -2.14. The smallest absolute Gasteiger partial charge is 0.275 e. The van der Waals surface area contributed by atoms with Crippen molar-refractivity contribution in [3.63, 3.8) is 0 Å². The molecule has 0 bridgehead atoms. The Bertz CT molecular complexity index is 1580. The fourth-order valence-corrected chi connectivity index (χ4v) is 5.19. The number of aliphatic hydroxyl groups is 6. The number of hydrogen-bond donors (Lipinski definition) is 12. The summed E-state index contributed by atoms with van der Waals surface area (Å²) in [6.45, 7) is 1.09. The summed E-state index contributed by atoms with van der Waals surface area (Å²) < 4.78 is 0. The van der Waals surface area contributed by atoms with Gasteiger partial charge < -0.3 is 61.2 Å². The van der Waals surface area contributed by atoms with Gasteiger partial charge in [0.25, 0.3) is 11.1 Å². The molecule has 6 rings (SSSR count). The first-order valence-corrected chi connectivity index (χ1v) is 12.2. The maximum absolute atomic E-state index is 11.8. The van der Waals surface area contributed by atoms with Crippen molar-refractivity contribution >= 4 is 22.1 Å². The molecule has 39 heavy (non-hydrogen) atoms. The van der Waals surface area contributed by atoms with Crippen LogP contribution in [0.1, 0.15) is 29.0 Å². The Morgan fingerprint density at radius 3 is 1.77 bits per heavy atom. The van der Waals surface area contributed by atoms with Crippen LogP contribution in [-0.2, 0) is 0 Å². The molecule has 0 amide bonds. The SMILES string of the molecule is Cc1nc2c(C3NC(CO)C(O)C3O)c[nH]c2c(=O)[nH]1.O=c1[nH]cnc2c(C3NC(CO)C(O)C3O)c[nH]c12. The molecule has 210 valence electrons. The molecule has 0 spiro atoms. The van der Waals surface area contributed by atoms with Crippen molar-refractivity contribution < 1.29 is 30.6 Å². The van der Waals surface area contributed by atoms with Crippen molar-refractivity contribution in [2.45, 2.75) is 55.5 Å². The molecule has 0 radical (unpaired) electrons. The highest BCUT2D eigenvalue weighted by Gasteiger charge is 2.43. The molecule has 16 nitrogen and oxygen atoms in total. The zero-order valence-electron chi connectivity index (χ0n) is 20.7. The number of nitrogens with one attached hydrogen (secondary N) is 6. The number of fused-ring (bicyclic) bond motifs is 2. The molecule has 8 atom stereocenters. The molecule has 0 aliphatic carbocycles. The second kappa shape index (κ2) is 10.6. The van der Waals surface area contributed by atoms with Crippen molar-refractivity contribution in [3.05, 3.63) is 56.4 Å². The minimum Gasteiger partial charge on any atom is -0.395 e. The maximum atomic E-state index is 11.8. The molecule has 2 fully saturated rings. The van der Waals surface area contributed by atoms with Crippen molar-refractivity contribution in [3.8, 4) is 0 Å². The van der Waals surface area contributed by atoms with Crippen LogP contribution in [0.15, 0.2) is 28.3 Å². The van der Waals surface area contributed by atoms with Crippen LogP contribution in [0.25, 0.3) is 22.1 Å². The van der Waals surface area contributed by atoms with E-state index in [0.29, 0.717) is 39.0 Å². The second-order valence-corrected chi connectivity index (χ2v) is 9.65. The molecule has 6 heterocycles. The maximum Gasteiger partial charge on any atom is 0.275 e. The molecule has 2 aliphatic heterocycles. The number of aromatic nitrogens is 6. The van der Waals surface area contributed by atoms with Crippen molar-refractivity contribution in [2.75, 3.05) is 13.2 Å². The van der Waals surface area contributed by atoms with E-state index in [1.807, 2.05) is 0 Å². The summed E-state index contributed by atoms with van der Waals surface area (Å²) in [6, 6.07) is -2.39. The molecule has 8 unspecified atom stereocenters. The van der Waals surface area contributed by atoms with Crippen LogP contribution in [0.4, 0.5) is 0 Å². The Balaban J connectivity index is 0.000000158. The zero-order valence-corrected chi connectivity index (χ0v) is 20.7. The van der Waals surface area contributed by atoms with Gasteiger partial charge in [-0.05, 0) is 6.92 Å². The summed E-state index contributed by atoms with van der Waals surface area (Å²) in [5.41, 5.74) is 2.11. The summed E-state index contributed by atoms with van der Waals surface area (Å²) in [7, 11) is 0. The first kappa shape index (κ1) is 27.1. The number of aryl methyl sites for hydroxylation is 1. The predicted octanol–water partition coefficient (Wildman–Crippen LogP) is -3.74. The first-order chi connectivity index (χ1) is 18.7. The molecule has 4 aromatic rings. The van der Waals surface area contributed by atoms with Crippen LogP contribution in [-0.4, -0.2) is 110 Å². The van der Waals surface area contributed by atoms with E-state index in [4.69, 9.17) is 10.2 Å². The van der Waals surface area contributed by atoms with E-state index in [1.54, 1.807) is 19.3 Å². The van der Waals surface area contributed by atoms with Gasteiger partial charge >= 0.3 is 0 Å². The quantitative estimate of drug-likeness (QED) is 0.118. The van der Waals surface area contributed by atoms with Crippen LogP contribution in [0.2, 0.25) is 0 Å². The largest absolute Gasteiger partial charge is 0.395 e. The first-order valence-electron chi connectivity index (χ1n) is 12.2. The van der Waals surface area contributed by atoms with E-state index >= 15 is 0 Å². The number of H-pyrrole nitrogens is 4. The zero-order chi connectivity index (χ0) is 28.0. The molecule has 16 heteroatoms. The Morgan fingerprint density at radius 2 is 1.26 bits per heavy atom. The fourth-order valence-electron chi connectivity index (χ4n) is 5.19. The molecular formula is C23H30N8O8. The summed E-state index contributed by atoms with van der Waals surface area (Å²) in [6.07, 6.45) is 0.147. The van der Waals surface area contributed by atoms with Crippen molar-refractivity contribution in [1.82, 2.24) is 40.5 Å². The minimum atomic E-state index is -1.08. The molecule has 2 saturated heterocycles. The van der Waals surface area contributed by atoms with Gasteiger partial charge in [-0.3, -0.25) is 9.59 Å². The molecular weight excluding hydrogens is 516 g/mol. The van der Waals surface area contributed by atoms with Gasteiger partial charge in [-0.1, -0.05) is 0 Å². The Morgan fingerprint density at radius 1 is 0.744 bits per heavy atom. The third kappa shape index (κ3) is 4.66. The lowest BCUT2D eigenvalue weighted by molar-refractivity contribution is 0.0195.